The van der Waals surface area contributed by atoms with Crippen LogP contribution in [0.15, 0.2) is 12.7 Å². The van der Waals surface area contributed by atoms with Crippen LogP contribution in [0.5, 0.6) is 0 Å². The molecule has 0 rings (SSSR count). The molecule has 0 aromatic rings. The number of carbonyl (C=O) groups is 1. The molecule has 0 saturated heterocycles. The topological polar surface area (TPSA) is 52.1 Å². The number of rotatable bonds is 11. The molecule has 0 aliphatic heterocycles. The monoisotopic (exact) mass is 227 g/mol. The molecule has 0 atom stereocenters. The molecule has 0 amide bonds. The van der Waals surface area contributed by atoms with E-state index in [1.165, 1.54) is 57.4 Å². The van der Waals surface area contributed by atoms with Crippen LogP contribution in [-0.4, -0.2) is 5.78 Å². The zero-order valence-electron chi connectivity index (χ0n) is 11.0. The van der Waals surface area contributed by atoms with Crippen LogP contribution in [-0.2, 0) is 4.79 Å². The molecule has 0 aromatic heterocycles. The van der Waals surface area contributed by atoms with E-state index in [1.54, 1.807) is 0 Å². The molecule has 0 aliphatic rings. The van der Waals surface area contributed by atoms with Gasteiger partial charge in [0.05, 0.1) is 0 Å². The Morgan fingerprint density at radius 3 is 1.81 bits per heavy atom. The number of hydrogen-bond acceptors (Lipinski definition) is 2. The summed E-state index contributed by atoms with van der Waals surface area (Å²) < 4.78 is 0. The van der Waals surface area contributed by atoms with Crippen LogP contribution in [0.25, 0.3) is 0 Å². The highest BCUT2D eigenvalue weighted by atomic mass is 16.1. The number of unbranched alkanes of at least 4 members (excludes halogenated alkanes) is 8. The van der Waals surface area contributed by atoms with Gasteiger partial charge in [0, 0.05) is 6.42 Å². The third kappa shape index (κ3) is 13.4. The average Bonchev–Trinajstić information content (AvgIpc) is 2.26. The summed E-state index contributed by atoms with van der Waals surface area (Å²) in [7, 11) is 0. The quantitative estimate of drug-likeness (QED) is 0.406. The van der Waals surface area contributed by atoms with Gasteiger partial charge in [-0.05, 0) is 12.5 Å². The molecular weight excluding hydrogens is 198 g/mol. The summed E-state index contributed by atoms with van der Waals surface area (Å²) in [4.78, 5) is 10.9. The molecule has 0 aliphatic carbocycles. The normalized spacial score (nSPS) is 9.56. The first-order chi connectivity index (χ1) is 7.31. The van der Waals surface area contributed by atoms with E-state index in [-0.39, 0.29) is 11.9 Å². The molecule has 0 heterocycles. The minimum atomic E-state index is 0. The van der Waals surface area contributed by atoms with Crippen molar-refractivity contribution in [2.45, 2.75) is 71.1 Å². The summed E-state index contributed by atoms with van der Waals surface area (Å²) in [5.41, 5.74) is 0. The van der Waals surface area contributed by atoms with E-state index in [4.69, 9.17) is 0 Å². The van der Waals surface area contributed by atoms with Crippen molar-refractivity contribution in [2.24, 2.45) is 0 Å². The van der Waals surface area contributed by atoms with Gasteiger partial charge in [-0.1, -0.05) is 64.9 Å². The van der Waals surface area contributed by atoms with E-state index >= 15 is 0 Å². The van der Waals surface area contributed by atoms with Gasteiger partial charge in [0.15, 0.2) is 5.78 Å². The zero-order chi connectivity index (χ0) is 11.4. The predicted molar refractivity (Wildman–Crippen MR) is 72.1 cm³/mol. The Hall–Kier alpha value is -0.630. The predicted octanol–water partition coefficient (Wildman–Crippen LogP) is 4.82. The van der Waals surface area contributed by atoms with Crippen LogP contribution >= 0.6 is 0 Å². The van der Waals surface area contributed by atoms with Crippen molar-refractivity contribution < 1.29 is 4.79 Å². The maximum Gasteiger partial charge on any atom is 0.155 e. The maximum absolute atomic E-state index is 10.9. The Morgan fingerprint density at radius 1 is 0.938 bits per heavy atom. The third-order valence-corrected chi connectivity index (χ3v) is 2.75. The molecule has 0 radical (unpaired) electrons. The molecule has 16 heavy (non-hydrogen) atoms. The molecule has 3 N–H and O–H groups in total. The van der Waals surface area contributed by atoms with Crippen molar-refractivity contribution in [3.8, 4) is 0 Å². The second kappa shape index (κ2) is 14.4. The molecule has 0 saturated carbocycles. The Kier molecular flexibility index (Phi) is 15.9. The first-order valence-corrected chi connectivity index (χ1v) is 6.46. The fourth-order valence-electron chi connectivity index (χ4n) is 1.71. The van der Waals surface area contributed by atoms with Gasteiger partial charge < -0.3 is 6.15 Å². The highest BCUT2D eigenvalue weighted by Crippen LogP contribution is 2.10. The van der Waals surface area contributed by atoms with Crippen molar-refractivity contribution in [2.75, 3.05) is 0 Å². The largest absolute Gasteiger partial charge is 0.344 e. The summed E-state index contributed by atoms with van der Waals surface area (Å²) in [6.45, 7) is 5.71. The Balaban J connectivity index is 0. The number of carbonyl (C=O) groups excluding carboxylic acids is 1. The van der Waals surface area contributed by atoms with Crippen molar-refractivity contribution in [1.82, 2.24) is 6.15 Å². The van der Waals surface area contributed by atoms with E-state index in [0.29, 0.717) is 6.42 Å². The fraction of sp³-hybridized carbons (Fsp3) is 0.786. The summed E-state index contributed by atoms with van der Waals surface area (Å²) in [6.07, 6.45) is 13.9. The number of hydrogen-bond donors (Lipinski definition) is 1. The molecular formula is C14H29NO. The van der Waals surface area contributed by atoms with Gasteiger partial charge in [0.2, 0.25) is 0 Å². The van der Waals surface area contributed by atoms with Crippen LogP contribution in [0, 0.1) is 0 Å². The van der Waals surface area contributed by atoms with Gasteiger partial charge in [0.1, 0.15) is 0 Å². The van der Waals surface area contributed by atoms with Crippen LogP contribution in [0.2, 0.25) is 0 Å². The zero-order valence-corrected chi connectivity index (χ0v) is 11.0. The average molecular weight is 227 g/mol. The fourth-order valence-corrected chi connectivity index (χ4v) is 1.71. The first-order valence-electron chi connectivity index (χ1n) is 6.46. The highest BCUT2D eigenvalue weighted by molar-refractivity contribution is 5.88. The number of allylic oxidation sites excluding steroid dienone is 1. The summed E-state index contributed by atoms with van der Waals surface area (Å²) in [6, 6.07) is 0. The Labute approximate surface area is 101 Å². The van der Waals surface area contributed by atoms with E-state index in [9.17, 15) is 4.79 Å². The van der Waals surface area contributed by atoms with Crippen molar-refractivity contribution in [1.29, 1.82) is 0 Å². The smallest absolute Gasteiger partial charge is 0.155 e. The molecule has 96 valence electrons. The van der Waals surface area contributed by atoms with Crippen molar-refractivity contribution in [3.63, 3.8) is 0 Å². The molecule has 0 unspecified atom stereocenters. The molecule has 0 fully saturated rings. The van der Waals surface area contributed by atoms with Gasteiger partial charge in [0.25, 0.3) is 0 Å². The summed E-state index contributed by atoms with van der Waals surface area (Å²) in [5, 5.41) is 0. The summed E-state index contributed by atoms with van der Waals surface area (Å²) >= 11 is 0. The standard InChI is InChI=1S/C14H26O.H3N/c1-3-5-6-7-8-9-10-11-12-13-14(15)4-2;/h4H,2-3,5-13H2,1H3;1H3. The van der Waals surface area contributed by atoms with Crippen LogP contribution in [0.1, 0.15) is 71.1 Å². The minimum absolute atomic E-state index is 0. The van der Waals surface area contributed by atoms with Crippen molar-refractivity contribution >= 4 is 5.78 Å². The van der Waals surface area contributed by atoms with Crippen LogP contribution in [0.4, 0.5) is 0 Å². The van der Waals surface area contributed by atoms with E-state index in [2.05, 4.69) is 13.5 Å². The van der Waals surface area contributed by atoms with Gasteiger partial charge >= 0.3 is 0 Å². The Bertz CT molecular complexity index is 166. The highest BCUT2D eigenvalue weighted by Gasteiger charge is 1.95. The molecule has 0 bridgehead atoms. The number of ketones is 1. The lowest BCUT2D eigenvalue weighted by atomic mass is 10.1. The van der Waals surface area contributed by atoms with Crippen LogP contribution < -0.4 is 6.15 Å². The Morgan fingerprint density at radius 2 is 1.38 bits per heavy atom. The van der Waals surface area contributed by atoms with Gasteiger partial charge in [-0.3, -0.25) is 4.79 Å². The second-order valence-corrected chi connectivity index (χ2v) is 4.25. The molecule has 0 spiro atoms. The molecule has 2 nitrogen and oxygen atoms in total. The second-order valence-electron chi connectivity index (χ2n) is 4.25. The van der Waals surface area contributed by atoms with E-state index in [0.717, 1.165) is 6.42 Å². The maximum atomic E-state index is 10.9. The van der Waals surface area contributed by atoms with Gasteiger partial charge in [-0.15, -0.1) is 0 Å². The lowest BCUT2D eigenvalue weighted by Gasteiger charge is -2.00. The van der Waals surface area contributed by atoms with Crippen LogP contribution in [0.3, 0.4) is 0 Å². The van der Waals surface area contributed by atoms with Gasteiger partial charge in [-0.25, -0.2) is 0 Å². The first kappa shape index (κ1) is 17.8. The lowest BCUT2D eigenvalue weighted by Crippen LogP contribution is -1.91. The SMILES string of the molecule is C=CC(=O)CCCCCCCCCCC.N. The van der Waals surface area contributed by atoms with Gasteiger partial charge in [-0.2, -0.15) is 0 Å². The minimum Gasteiger partial charge on any atom is -0.344 e. The third-order valence-electron chi connectivity index (χ3n) is 2.75. The molecule has 0 aromatic carbocycles. The lowest BCUT2D eigenvalue weighted by molar-refractivity contribution is -0.114. The van der Waals surface area contributed by atoms with E-state index < -0.39 is 0 Å². The molecule has 2 heteroatoms. The van der Waals surface area contributed by atoms with Crippen molar-refractivity contribution in [3.05, 3.63) is 12.7 Å². The van der Waals surface area contributed by atoms with E-state index in [1.807, 2.05) is 0 Å². The summed E-state index contributed by atoms with van der Waals surface area (Å²) in [5.74, 6) is 0.193.